The number of aromatic nitrogens is 3. The molecule has 0 N–H and O–H groups in total. The van der Waals surface area contributed by atoms with Crippen molar-refractivity contribution in [3.63, 3.8) is 0 Å². The van der Waals surface area contributed by atoms with Crippen LogP contribution in [0.25, 0.3) is 5.65 Å². The van der Waals surface area contributed by atoms with Crippen LogP contribution in [0.3, 0.4) is 0 Å². The van der Waals surface area contributed by atoms with Crippen molar-refractivity contribution in [3.05, 3.63) is 24.4 Å². The van der Waals surface area contributed by atoms with Crippen molar-refractivity contribution in [2.24, 2.45) is 0 Å². The number of hydrogen-bond donors (Lipinski definition) is 0. The highest BCUT2D eigenvalue weighted by Crippen LogP contribution is 2.23. The van der Waals surface area contributed by atoms with Crippen molar-refractivity contribution in [1.82, 2.24) is 19.5 Å². The van der Waals surface area contributed by atoms with E-state index in [0.29, 0.717) is 26.3 Å². The minimum atomic E-state index is -0.180. The normalized spacial score (nSPS) is 17.4. The minimum absolute atomic E-state index is 0.131. The van der Waals surface area contributed by atoms with Gasteiger partial charge in [-0.25, -0.2) is 0 Å². The SMILES string of the molecule is C[C@@H](Sc1nnc2ccccn12)C(=O)N1CCOCC1. The summed E-state index contributed by atoms with van der Waals surface area (Å²) in [5.41, 5.74) is 0.793. The molecule has 7 heteroatoms. The summed E-state index contributed by atoms with van der Waals surface area (Å²) in [5, 5.41) is 8.80. The Morgan fingerprint density at radius 2 is 2.15 bits per heavy atom. The molecule has 3 heterocycles. The number of ether oxygens (including phenoxy) is 1. The summed E-state index contributed by atoms with van der Waals surface area (Å²) in [6, 6.07) is 5.74. The van der Waals surface area contributed by atoms with Crippen LogP contribution in [0.4, 0.5) is 0 Å². The molecule has 1 aliphatic rings. The predicted octanol–water partition coefficient (Wildman–Crippen LogP) is 1.07. The van der Waals surface area contributed by atoms with E-state index < -0.39 is 0 Å². The zero-order valence-electron chi connectivity index (χ0n) is 11.2. The largest absolute Gasteiger partial charge is 0.378 e. The predicted molar refractivity (Wildman–Crippen MR) is 75.7 cm³/mol. The van der Waals surface area contributed by atoms with Crippen LogP contribution in [-0.4, -0.2) is 57.0 Å². The van der Waals surface area contributed by atoms with E-state index in [1.807, 2.05) is 40.6 Å². The fraction of sp³-hybridized carbons (Fsp3) is 0.462. The zero-order valence-corrected chi connectivity index (χ0v) is 12.0. The maximum Gasteiger partial charge on any atom is 0.236 e. The van der Waals surface area contributed by atoms with Gasteiger partial charge in [-0.15, -0.1) is 10.2 Å². The summed E-state index contributed by atoms with van der Waals surface area (Å²) in [5.74, 6) is 0.131. The second kappa shape index (κ2) is 5.80. The maximum absolute atomic E-state index is 12.4. The third kappa shape index (κ3) is 2.64. The highest BCUT2D eigenvalue weighted by molar-refractivity contribution is 8.00. The Balaban J connectivity index is 1.71. The molecule has 0 radical (unpaired) electrons. The van der Waals surface area contributed by atoms with Crippen molar-refractivity contribution in [2.75, 3.05) is 26.3 Å². The van der Waals surface area contributed by atoms with E-state index in [1.165, 1.54) is 11.8 Å². The van der Waals surface area contributed by atoms with Gasteiger partial charge >= 0.3 is 0 Å². The molecule has 3 rings (SSSR count). The molecule has 6 nitrogen and oxygen atoms in total. The van der Waals surface area contributed by atoms with Gasteiger partial charge < -0.3 is 9.64 Å². The Morgan fingerprint density at radius 1 is 1.35 bits per heavy atom. The molecular weight excluding hydrogens is 276 g/mol. The van der Waals surface area contributed by atoms with Gasteiger partial charge in [-0.3, -0.25) is 9.20 Å². The second-order valence-corrected chi connectivity index (χ2v) is 5.92. The Morgan fingerprint density at radius 3 is 2.95 bits per heavy atom. The van der Waals surface area contributed by atoms with Crippen molar-refractivity contribution in [1.29, 1.82) is 0 Å². The van der Waals surface area contributed by atoms with E-state index >= 15 is 0 Å². The van der Waals surface area contributed by atoms with Crippen LogP contribution in [0.1, 0.15) is 6.92 Å². The highest BCUT2D eigenvalue weighted by Gasteiger charge is 2.24. The summed E-state index contributed by atoms with van der Waals surface area (Å²) >= 11 is 1.44. The Hall–Kier alpha value is -1.60. The van der Waals surface area contributed by atoms with Crippen molar-refractivity contribution in [2.45, 2.75) is 17.3 Å². The van der Waals surface area contributed by atoms with Crippen LogP contribution >= 0.6 is 11.8 Å². The number of carbonyl (C=O) groups excluding carboxylic acids is 1. The molecule has 1 atom stereocenters. The lowest BCUT2D eigenvalue weighted by Gasteiger charge is -2.28. The van der Waals surface area contributed by atoms with Gasteiger partial charge in [0.05, 0.1) is 18.5 Å². The first-order valence-electron chi connectivity index (χ1n) is 6.58. The van der Waals surface area contributed by atoms with Crippen LogP contribution in [0.2, 0.25) is 0 Å². The first kappa shape index (κ1) is 13.4. The molecule has 0 spiro atoms. The Bertz CT molecular complexity index is 609. The molecule has 0 aliphatic carbocycles. The average molecular weight is 292 g/mol. The molecule has 0 aromatic carbocycles. The molecule has 1 saturated heterocycles. The number of morpholine rings is 1. The van der Waals surface area contributed by atoms with Crippen LogP contribution in [0.5, 0.6) is 0 Å². The quantitative estimate of drug-likeness (QED) is 0.792. The summed E-state index contributed by atoms with van der Waals surface area (Å²) in [6.45, 7) is 4.50. The van der Waals surface area contributed by atoms with Gasteiger partial charge in [0.25, 0.3) is 0 Å². The molecule has 0 saturated carbocycles. The number of carbonyl (C=O) groups is 1. The molecule has 0 unspecified atom stereocenters. The van der Waals surface area contributed by atoms with Gasteiger partial charge in [0.2, 0.25) is 5.91 Å². The van der Waals surface area contributed by atoms with E-state index in [-0.39, 0.29) is 11.2 Å². The third-order valence-corrected chi connectivity index (χ3v) is 4.28. The van der Waals surface area contributed by atoms with Crippen LogP contribution in [0, 0.1) is 0 Å². The molecule has 106 valence electrons. The zero-order chi connectivity index (χ0) is 13.9. The lowest BCUT2D eigenvalue weighted by Crippen LogP contribution is -2.44. The highest BCUT2D eigenvalue weighted by atomic mass is 32.2. The number of hydrogen-bond acceptors (Lipinski definition) is 5. The molecule has 1 aliphatic heterocycles. The van der Waals surface area contributed by atoms with Crippen LogP contribution in [-0.2, 0) is 9.53 Å². The minimum Gasteiger partial charge on any atom is -0.378 e. The van der Waals surface area contributed by atoms with Gasteiger partial charge in [-0.1, -0.05) is 17.8 Å². The smallest absolute Gasteiger partial charge is 0.236 e. The number of nitrogens with zero attached hydrogens (tertiary/aromatic N) is 4. The van der Waals surface area contributed by atoms with Gasteiger partial charge in [0, 0.05) is 19.3 Å². The van der Waals surface area contributed by atoms with Gasteiger partial charge in [-0.2, -0.15) is 0 Å². The average Bonchev–Trinajstić information content (AvgIpc) is 2.91. The van der Waals surface area contributed by atoms with Crippen molar-refractivity contribution in [3.8, 4) is 0 Å². The summed E-state index contributed by atoms with van der Waals surface area (Å²) in [6.07, 6.45) is 1.91. The molecule has 2 aromatic rings. The first-order chi connectivity index (χ1) is 9.75. The number of rotatable bonds is 3. The van der Waals surface area contributed by atoms with Crippen molar-refractivity contribution >= 4 is 23.3 Å². The lowest BCUT2D eigenvalue weighted by atomic mass is 10.3. The Labute approximate surface area is 121 Å². The number of thioether (sulfide) groups is 1. The van der Waals surface area contributed by atoms with Crippen LogP contribution < -0.4 is 0 Å². The molecule has 2 aromatic heterocycles. The summed E-state index contributed by atoms with van der Waals surface area (Å²) in [4.78, 5) is 14.2. The molecule has 1 amide bonds. The summed E-state index contributed by atoms with van der Waals surface area (Å²) in [7, 11) is 0. The van der Waals surface area contributed by atoms with E-state index in [2.05, 4.69) is 10.2 Å². The third-order valence-electron chi connectivity index (χ3n) is 3.24. The fourth-order valence-corrected chi connectivity index (χ4v) is 3.07. The van der Waals surface area contributed by atoms with Gasteiger partial charge in [-0.05, 0) is 19.1 Å². The fourth-order valence-electron chi connectivity index (χ4n) is 2.15. The number of fused-ring (bicyclic) bond motifs is 1. The summed E-state index contributed by atoms with van der Waals surface area (Å²) < 4.78 is 7.16. The monoisotopic (exact) mass is 292 g/mol. The van der Waals surface area contributed by atoms with E-state index in [1.54, 1.807) is 0 Å². The van der Waals surface area contributed by atoms with Crippen molar-refractivity contribution < 1.29 is 9.53 Å². The molecular formula is C13H16N4O2S. The maximum atomic E-state index is 12.4. The standard InChI is InChI=1S/C13H16N4O2S/c1-10(12(18)16-6-8-19-9-7-16)20-13-15-14-11-4-2-3-5-17(11)13/h2-5,10H,6-9H2,1H3/t10-/m1/s1. The van der Waals surface area contributed by atoms with Gasteiger partial charge in [0.15, 0.2) is 10.8 Å². The van der Waals surface area contributed by atoms with Gasteiger partial charge in [0.1, 0.15) is 0 Å². The van der Waals surface area contributed by atoms with E-state index in [9.17, 15) is 4.79 Å². The molecule has 20 heavy (non-hydrogen) atoms. The lowest BCUT2D eigenvalue weighted by molar-refractivity contribution is -0.134. The molecule has 1 fully saturated rings. The molecule has 0 bridgehead atoms. The van der Waals surface area contributed by atoms with Crippen LogP contribution in [0.15, 0.2) is 29.6 Å². The van der Waals surface area contributed by atoms with E-state index in [4.69, 9.17) is 4.74 Å². The van der Waals surface area contributed by atoms with E-state index in [0.717, 1.165) is 10.8 Å². The second-order valence-electron chi connectivity index (χ2n) is 4.61. The number of pyridine rings is 1. The number of amides is 1. The topological polar surface area (TPSA) is 59.7 Å². The first-order valence-corrected chi connectivity index (χ1v) is 7.46. The Kier molecular flexibility index (Phi) is 3.88.